The van der Waals surface area contributed by atoms with Gasteiger partial charge in [0.25, 0.3) is 0 Å². The van der Waals surface area contributed by atoms with E-state index in [-0.39, 0.29) is 0 Å². The smallest absolute Gasteiger partial charge is 0.0392 e. The van der Waals surface area contributed by atoms with Gasteiger partial charge in [-0.25, -0.2) is 0 Å². The molecule has 0 aliphatic heterocycles. The zero-order valence-corrected chi connectivity index (χ0v) is 9.97. The second-order valence-electron chi connectivity index (χ2n) is 3.37. The van der Waals surface area contributed by atoms with Gasteiger partial charge in [-0.2, -0.15) is 0 Å². The molecule has 72 valence electrons. The zero-order valence-electron chi connectivity index (χ0n) is 8.39. The maximum atomic E-state index is 3.65. The van der Waals surface area contributed by atoms with Crippen LogP contribution in [0.5, 0.6) is 0 Å². The summed E-state index contributed by atoms with van der Waals surface area (Å²) in [6.07, 6.45) is 3.57. The average Bonchev–Trinajstić information content (AvgIpc) is 2.18. The Labute approximate surface area is 89.5 Å². The molecule has 0 N–H and O–H groups in total. The van der Waals surface area contributed by atoms with Crippen molar-refractivity contribution in [1.82, 2.24) is 0 Å². The molecule has 1 aromatic rings. The van der Waals surface area contributed by atoms with Crippen molar-refractivity contribution in [2.45, 2.75) is 37.9 Å². The Bertz CT molecular complexity index is 238. The third-order valence-electron chi connectivity index (χ3n) is 2.24. The fraction of sp³-hybridized carbons (Fsp3) is 0.500. The van der Waals surface area contributed by atoms with Crippen LogP contribution in [0.25, 0.3) is 0 Å². The van der Waals surface area contributed by atoms with Crippen molar-refractivity contribution in [3.05, 3.63) is 35.4 Å². The summed E-state index contributed by atoms with van der Waals surface area (Å²) in [7, 11) is 0. The first kappa shape index (κ1) is 10.8. The van der Waals surface area contributed by atoms with Gasteiger partial charge in [-0.3, -0.25) is 0 Å². The molecule has 1 rings (SSSR count). The third-order valence-corrected chi connectivity index (χ3v) is 3.41. The van der Waals surface area contributed by atoms with Crippen molar-refractivity contribution < 1.29 is 0 Å². The molecule has 0 bridgehead atoms. The molecule has 0 aromatic heterocycles. The molecular formula is C12H17Br. The lowest BCUT2D eigenvalue weighted by molar-refractivity contribution is 0.898. The Morgan fingerprint density at radius 3 is 2.23 bits per heavy atom. The summed E-state index contributed by atoms with van der Waals surface area (Å²) < 4.78 is 0. The van der Waals surface area contributed by atoms with Crippen LogP contribution in [-0.2, 0) is 6.42 Å². The standard InChI is InChI=1S/C12H17Br/c1-3-5-10-6-8-11(9-7-10)12(13)4-2/h6-9,12H,3-5H2,1-2H3. The number of rotatable bonds is 4. The van der Waals surface area contributed by atoms with Gasteiger partial charge in [0, 0.05) is 4.83 Å². The molecule has 0 nitrogen and oxygen atoms in total. The second-order valence-corrected chi connectivity index (χ2v) is 4.47. The Kier molecular flexibility index (Phi) is 4.51. The van der Waals surface area contributed by atoms with Crippen molar-refractivity contribution in [2.75, 3.05) is 0 Å². The quantitative estimate of drug-likeness (QED) is 0.681. The largest absolute Gasteiger partial charge is 0.0839 e. The maximum absolute atomic E-state index is 3.65. The second kappa shape index (κ2) is 5.43. The van der Waals surface area contributed by atoms with Gasteiger partial charge in [0.15, 0.2) is 0 Å². The fourth-order valence-corrected chi connectivity index (χ4v) is 1.72. The summed E-state index contributed by atoms with van der Waals surface area (Å²) >= 11 is 3.65. The van der Waals surface area contributed by atoms with Gasteiger partial charge in [-0.05, 0) is 24.0 Å². The highest BCUT2D eigenvalue weighted by molar-refractivity contribution is 9.09. The summed E-state index contributed by atoms with van der Waals surface area (Å²) in [6.45, 7) is 4.41. The maximum Gasteiger partial charge on any atom is 0.0392 e. The molecule has 0 saturated heterocycles. The van der Waals surface area contributed by atoms with Gasteiger partial charge in [0.05, 0.1) is 0 Å². The lowest BCUT2D eigenvalue weighted by Gasteiger charge is -2.07. The molecular weight excluding hydrogens is 224 g/mol. The average molecular weight is 241 g/mol. The first-order chi connectivity index (χ1) is 6.27. The molecule has 1 aromatic carbocycles. The van der Waals surface area contributed by atoms with Crippen LogP contribution < -0.4 is 0 Å². The molecule has 0 fully saturated rings. The molecule has 0 saturated carbocycles. The van der Waals surface area contributed by atoms with Crippen LogP contribution in [0.15, 0.2) is 24.3 Å². The molecule has 1 atom stereocenters. The van der Waals surface area contributed by atoms with E-state index in [2.05, 4.69) is 54.0 Å². The molecule has 0 aliphatic carbocycles. The van der Waals surface area contributed by atoms with Crippen LogP contribution in [0, 0.1) is 0 Å². The predicted octanol–water partition coefficient (Wildman–Crippen LogP) is 4.49. The summed E-state index contributed by atoms with van der Waals surface area (Å²) in [6, 6.07) is 8.94. The predicted molar refractivity (Wildman–Crippen MR) is 62.4 cm³/mol. The number of aryl methyl sites for hydroxylation is 1. The van der Waals surface area contributed by atoms with E-state index >= 15 is 0 Å². The van der Waals surface area contributed by atoms with Gasteiger partial charge < -0.3 is 0 Å². The van der Waals surface area contributed by atoms with Crippen LogP contribution in [0.1, 0.15) is 42.6 Å². The van der Waals surface area contributed by atoms with E-state index in [4.69, 9.17) is 0 Å². The highest BCUT2D eigenvalue weighted by atomic mass is 79.9. The lowest BCUT2D eigenvalue weighted by Crippen LogP contribution is -1.89. The van der Waals surface area contributed by atoms with Crippen LogP contribution >= 0.6 is 15.9 Å². The van der Waals surface area contributed by atoms with Gasteiger partial charge in [0.1, 0.15) is 0 Å². The van der Waals surface area contributed by atoms with Gasteiger partial charge in [-0.1, -0.05) is 60.5 Å². The minimum absolute atomic E-state index is 0.517. The lowest BCUT2D eigenvalue weighted by atomic mass is 10.1. The normalized spacial score (nSPS) is 12.8. The van der Waals surface area contributed by atoms with Gasteiger partial charge in [-0.15, -0.1) is 0 Å². The number of alkyl halides is 1. The summed E-state index contributed by atoms with van der Waals surface area (Å²) in [5.74, 6) is 0. The Balaban J connectivity index is 2.69. The molecule has 0 aliphatic rings. The highest BCUT2D eigenvalue weighted by Crippen LogP contribution is 2.25. The zero-order chi connectivity index (χ0) is 9.68. The molecule has 1 unspecified atom stereocenters. The first-order valence-corrected chi connectivity index (χ1v) is 5.92. The number of hydrogen-bond donors (Lipinski definition) is 0. The van der Waals surface area contributed by atoms with E-state index < -0.39 is 0 Å². The minimum atomic E-state index is 0.517. The molecule has 0 heterocycles. The van der Waals surface area contributed by atoms with Crippen LogP contribution in [0.3, 0.4) is 0 Å². The topological polar surface area (TPSA) is 0 Å². The summed E-state index contributed by atoms with van der Waals surface area (Å²) in [5.41, 5.74) is 2.84. The summed E-state index contributed by atoms with van der Waals surface area (Å²) in [4.78, 5) is 0.517. The Hall–Kier alpha value is -0.300. The number of halogens is 1. The van der Waals surface area contributed by atoms with Crippen molar-refractivity contribution in [1.29, 1.82) is 0 Å². The van der Waals surface area contributed by atoms with Crippen molar-refractivity contribution >= 4 is 15.9 Å². The molecule has 0 amide bonds. The van der Waals surface area contributed by atoms with E-state index in [1.165, 1.54) is 24.0 Å². The van der Waals surface area contributed by atoms with Crippen LogP contribution in [-0.4, -0.2) is 0 Å². The van der Waals surface area contributed by atoms with E-state index in [1.54, 1.807) is 0 Å². The van der Waals surface area contributed by atoms with E-state index in [0.717, 1.165) is 6.42 Å². The first-order valence-electron chi connectivity index (χ1n) is 5.00. The fourth-order valence-electron chi connectivity index (χ4n) is 1.42. The number of hydrogen-bond acceptors (Lipinski definition) is 0. The molecule has 0 radical (unpaired) electrons. The third kappa shape index (κ3) is 3.15. The monoisotopic (exact) mass is 240 g/mol. The highest BCUT2D eigenvalue weighted by Gasteiger charge is 2.03. The van der Waals surface area contributed by atoms with Gasteiger partial charge in [0.2, 0.25) is 0 Å². The van der Waals surface area contributed by atoms with E-state index in [1.807, 2.05) is 0 Å². The molecule has 0 spiro atoms. The van der Waals surface area contributed by atoms with Crippen molar-refractivity contribution in [2.24, 2.45) is 0 Å². The summed E-state index contributed by atoms with van der Waals surface area (Å²) in [5, 5.41) is 0. The van der Waals surface area contributed by atoms with Crippen molar-refractivity contribution in [3.8, 4) is 0 Å². The van der Waals surface area contributed by atoms with Crippen LogP contribution in [0.4, 0.5) is 0 Å². The Morgan fingerprint density at radius 1 is 1.15 bits per heavy atom. The molecule has 1 heteroatoms. The van der Waals surface area contributed by atoms with Crippen LogP contribution in [0.2, 0.25) is 0 Å². The van der Waals surface area contributed by atoms with E-state index in [0.29, 0.717) is 4.83 Å². The van der Waals surface area contributed by atoms with Gasteiger partial charge >= 0.3 is 0 Å². The Morgan fingerprint density at radius 2 is 1.77 bits per heavy atom. The van der Waals surface area contributed by atoms with E-state index in [9.17, 15) is 0 Å². The van der Waals surface area contributed by atoms with Crippen molar-refractivity contribution in [3.63, 3.8) is 0 Å². The molecule has 13 heavy (non-hydrogen) atoms. The number of benzene rings is 1. The SMILES string of the molecule is CCCc1ccc(C(Br)CC)cc1. The minimum Gasteiger partial charge on any atom is -0.0839 e.